The number of benzene rings is 2. The maximum atomic E-state index is 12.8. The van der Waals surface area contributed by atoms with Crippen LogP contribution in [0.4, 0.5) is 5.69 Å². The predicted molar refractivity (Wildman–Crippen MR) is 134 cm³/mol. The number of carbonyl (C=O) groups is 4. The molecule has 11 heteroatoms. The number of fused-ring (bicyclic) bond motifs is 1. The van der Waals surface area contributed by atoms with Crippen LogP contribution in [-0.2, 0) is 16.1 Å². The second-order valence-electron chi connectivity index (χ2n) is 8.09. The first-order valence-electron chi connectivity index (χ1n) is 11.5. The molecule has 4 N–H and O–H groups in total. The molecule has 10 nitrogen and oxygen atoms in total. The molecule has 2 aromatic carbocycles. The summed E-state index contributed by atoms with van der Waals surface area (Å²) in [4.78, 5) is 51.5. The molecule has 196 valence electrons. The number of aryl methyl sites for hydroxylation is 1. The quantitative estimate of drug-likeness (QED) is 0.156. The minimum absolute atomic E-state index is 0. The topological polar surface area (TPSA) is 144 Å². The number of nitrogens with one attached hydrogen (secondary N) is 2. The van der Waals surface area contributed by atoms with E-state index < -0.39 is 17.8 Å². The van der Waals surface area contributed by atoms with Gasteiger partial charge in [0.15, 0.2) is 18.9 Å². The van der Waals surface area contributed by atoms with Crippen molar-refractivity contribution in [1.82, 2.24) is 4.98 Å². The van der Waals surface area contributed by atoms with Crippen molar-refractivity contribution in [3.63, 3.8) is 0 Å². The number of hydrogen-bond acceptors (Lipinski definition) is 6. The summed E-state index contributed by atoms with van der Waals surface area (Å²) in [5.74, 6) is -1.55. The third-order valence-electron chi connectivity index (χ3n) is 5.50. The molecule has 0 spiro atoms. The summed E-state index contributed by atoms with van der Waals surface area (Å²) >= 11 is 0. The Bertz CT molecular complexity index is 1480. The Morgan fingerprint density at radius 2 is 1.76 bits per heavy atom. The molecule has 0 fully saturated rings. The molecule has 0 aliphatic carbocycles. The number of nitrogens with zero attached hydrogens (tertiary/aromatic N) is 1. The van der Waals surface area contributed by atoms with Gasteiger partial charge < -0.3 is 37.9 Å². The lowest BCUT2D eigenvalue weighted by atomic mass is 10.1. The van der Waals surface area contributed by atoms with E-state index in [4.69, 9.17) is 15.2 Å². The van der Waals surface area contributed by atoms with Crippen molar-refractivity contribution < 1.29 is 45.6 Å². The number of esters is 2. The first-order chi connectivity index (χ1) is 17.8. The number of rotatable bonds is 9. The van der Waals surface area contributed by atoms with Crippen molar-refractivity contribution >= 4 is 40.3 Å². The van der Waals surface area contributed by atoms with Gasteiger partial charge in [0, 0.05) is 28.9 Å². The lowest BCUT2D eigenvalue weighted by Gasteiger charge is -2.07. The van der Waals surface area contributed by atoms with Crippen LogP contribution in [0.1, 0.15) is 44.4 Å². The summed E-state index contributed by atoms with van der Waals surface area (Å²) in [6.45, 7) is 2.34. The highest BCUT2D eigenvalue weighted by molar-refractivity contribution is 6.06. The second kappa shape index (κ2) is 12.5. The first-order valence-corrected chi connectivity index (χ1v) is 11.5. The number of halogens is 1. The van der Waals surface area contributed by atoms with Crippen molar-refractivity contribution in [2.45, 2.75) is 19.9 Å². The standard InChI is InChI=1S/C27H24N4O6.ClH/c1-2-36-26(34)17-5-8-20(9-6-17)37-27(35)22-15-29-23-10-7-19(14-21(22)23)30-24(32)11-13-31-12-3-4-18(16-31)25(28)33;/h3-10,12,14-16H,2,11,13H2,1H3,(H3-,28,29,30,32,33,35);1H. The van der Waals surface area contributed by atoms with Gasteiger partial charge in [0.2, 0.25) is 5.91 Å². The zero-order chi connectivity index (χ0) is 26.4. The summed E-state index contributed by atoms with van der Waals surface area (Å²) < 4.78 is 12.1. The van der Waals surface area contributed by atoms with Crippen LogP contribution in [0.3, 0.4) is 0 Å². The van der Waals surface area contributed by atoms with Crippen LogP contribution < -0.4 is 32.8 Å². The van der Waals surface area contributed by atoms with Gasteiger partial charge in [0.25, 0.3) is 5.91 Å². The number of aromatic amines is 1. The third kappa shape index (κ3) is 6.74. The Morgan fingerprint density at radius 3 is 2.47 bits per heavy atom. The average Bonchev–Trinajstić information content (AvgIpc) is 3.31. The number of pyridine rings is 1. The molecule has 0 saturated heterocycles. The van der Waals surface area contributed by atoms with E-state index in [-0.39, 0.29) is 37.1 Å². The molecule has 0 atom stereocenters. The number of nitrogens with two attached hydrogens (primary N) is 1. The largest absolute Gasteiger partial charge is 1.00 e. The van der Waals surface area contributed by atoms with Crippen LogP contribution in [0, 0.1) is 0 Å². The van der Waals surface area contributed by atoms with Crippen LogP contribution in [0.2, 0.25) is 0 Å². The van der Waals surface area contributed by atoms with Gasteiger partial charge in [-0.3, -0.25) is 9.59 Å². The Morgan fingerprint density at radius 1 is 1.00 bits per heavy atom. The number of amides is 2. The van der Waals surface area contributed by atoms with Crippen molar-refractivity contribution in [2.24, 2.45) is 5.73 Å². The average molecular weight is 537 g/mol. The highest BCUT2D eigenvalue weighted by atomic mass is 35.5. The van der Waals surface area contributed by atoms with E-state index in [1.807, 2.05) is 0 Å². The molecule has 0 bridgehead atoms. The molecule has 2 amide bonds. The maximum Gasteiger partial charge on any atom is 0.345 e. The van der Waals surface area contributed by atoms with Crippen LogP contribution >= 0.6 is 0 Å². The third-order valence-corrected chi connectivity index (χ3v) is 5.50. The van der Waals surface area contributed by atoms with Crippen LogP contribution in [0.5, 0.6) is 5.75 Å². The molecule has 4 aromatic rings. The molecule has 38 heavy (non-hydrogen) atoms. The fourth-order valence-corrected chi connectivity index (χ4v) is 3.66. The molecule has 0 aliphatic heterocycles. The molecule has 2 aromatic heterocycles. The Kier molecular flexibility index (Phi) is 9.18. The molecular weight excluding hydrogens is 512 g/mol. The maximum absolute atomic E-state index is 12.8. The summed E-state index contributed by atoms with van der Waals surface area (Å²) in [5, 5.41) is 3.40. The van der Waals surface area contributed by atoms with Crippen molar-refractivity contribution in [1.29, 1.82) is 0 Å². The lowest BCUT2D eigenvalue weighted by molar-refractivity contribution is -0.695. The number of hydrogen-bond donors (Lipinski definition) is 3. The van der Waals surface area contributed by atoms with E-state index in [1.54, 1.807) is 54.2 Å². The van der Waals surface area contributed by atoms with E-state index in [1.165, 1.54) is 30.5 Å². The molecule has 4 rings (SSSR count). The van der Waals surface area contributed by atoms with Crippen molar-refractivity contribution in [3.05, 3.63) is 89.9 Å². The molecule has 0 radical (unpaired) electrons. The monoisotopic (exact) mass is 536 g/mol. The van der Waals surface area contributed by atoms with Gasteiger partial charge in [-0.2, -0.15) is 0 Å². The van der Waals surface area contributed by atoms with Gasteiger partial charge in [-0.1, -0.05) is 0 Å². The van der Waals surface area contributed by atoms with Gasteiger partial charge in [0.05, 0.1) is 24.2 Å². The van der Waals surface area contributed by atoms with Crippen molar-refractivity contribution in [3.8, 4) is 5.75 Å². The highest BCUT2D eigenvalue weighted by Crippen LogP contribution is 2.24. The zero-order valence-electron chi connectivity index (χ0n) is 20.4. The summed E-state index contributed by atoms with van der Waals surface area (Å²) in [5.41, 5.74) is 7.51. The normalized spacial score (nSPS) is 10.3. The van der Waals surface area contributed by atoms with Crippen LogP contribution in [0.25, 0.3) is 10.9 Å². The van der Waals surface area contributed by atoms with E-state index in [9.17, 15) is 19.2 Å². The fourth-order valence-electron chi connectivity index (χ4n) is 3.66. The highest BCUT2D eigenvalue weighted by Gasteiger charge is 2.17. The minimum atomic E-state index is -0.593. The molecule has 2 heterocycles. The number of aromatic nitrogens is 2. The minimum Gasteiger partial charge on any atom is -1.00 e. The van der Waals surface area contributed by atoms with Gasteiger partial charge in [-0.15, -0.1) is 0 Å². The van der Waals surface area contributed by atoms with Gasteiger partial charge >= 0.3 is 11.9 Å². The second-order valence-corrected chi connectivity index (χ2v) is 8.09. The Hall–Kier alpha value is -4.70. The van der Waals surface area contributed by atoms with Gasteiger partial charge in [0.1, 0.15) is 11.3 Å². The van der Waals surface area contributed by atoms with Crippen LogP contribution in [-0.4, -0.2) is 35.3 Å². The lowest BCUT2D eigenvalue weighted by Crippen LogP contribution is -3.00. The van der Waals surface area contributed by atoms with Crippen LogP contribution in [0.15, 0.2) is 73.2 Å². The van der Waals surface area contributed by atoms with E-state index in [0.29, 0.717) is 39.8 Å². The smallest absolute Gasteiger partial charge is 0.345 e. The summed E-state index contributed by atoms with van der Waals surface area (Å²) in [6, 6.07) is 14.5. The SMILES string of the molecule is CCOC(=O)c1ccc(OC(=O)c2c[nH]c3ccc(NC(=O)CC[n+]4cccc(C(N)=O)c4)cc23)cc1.[Cl-]. The van der Waals surface area contributed by atoms with E-state index >= 15 is 0 Å². The number of ether oxygens (including phenoxy) is 2. The summed E-state index contributed by atoms with van der Waals surface area (Å²) in [6.07, 6.45) is 5.03. The number of carbonyl (C=O) groups excluding carboxylic acids is 4. The molecule has 0 saturated carbocycles. The molecular formula is C27H25ClN4O6. The fraction of sp³-hybridized carbons (Fsp3) is 0.148. The van der Waals surface area contributed by atoms with E-state index in [2.05, 4.69) is 10.3 Å². The Balaban J connectivity index is 0.00000400. The van der Waals surface area contributed by atoms with Crippen molar-refractivity contribution in [2.75, 3.05) is 11.9 Å². The predicted octanol–water partition coefficient (Wildman–Crippen LogP) is -0.0170. The van der Waals surface area contributed by atoms with Gasteiger partial charge in [-0.25, -0.2) is 14.2 Å². The zero-order valence-corrected chi connectivity index (χ0v) is 21.2. The molecule has 0 unspecified atom stereocenters. The summed E-state index contributed by atoms with van der Waals surface area (Å²) in [7, 11) is 0. The number of anilines is 1. The molecule has 0 aliphatic rings. The first kappa shape index (κ1) is 27.9. The number of primary amides is 1. The van der Waals surface area contributed by atoms with E-state index in [0.717, 1.165) is 0 Å². The Labute approximate surface area is 224 Å². The van der Waals surface area contributed by atoms with Gasteiger partial charge in [-0.05, 0) is 55.5 Å². The number of H-pyrrole nitrogens is 1.